The SMILES string of the molecule is CCC(CC)n1cc(C(=O)NCc2ccc(C)cc2)c2cc(OC)c(OC)cc2c1=O. The Kier molecular flexibility index (Phi) is 7.00. The highest BCUT2D eigenvalue weighted by molar-refractivity contribution is 6.07. The van der Waals surface area contributed by atoms with E-state index in [2.05, 4.69) is 5.32 Å². The Morgan fingerprint density at radius 1 is 1.00 bits per heavy atom. The molecule has 0 bridgehead atoms. The first-order chi connectivity index (χ1) is 14.9. The Bertz CT molecular complexity index is 1130. The van der Waals surface area contributed by atoms with Gasteiger partial charge in [-0.3, -0.25) is 9.59 Å². The number of hydrogen-bond donors (Lipinski definition) is 1. The maximum atomic E-state index is 13.3. The van der Waals surface area contributed by atoms with Crippen molar-refractivity contribution in [3.63, 3.8) is 0 Å². The van der Waals surface area contributed by atoms with Crippen LogP contribution in [0.4, 0.5) is 0 Å². The molecule has 0 saturated heterocycles. The number of methoxy groups -OCH3 is 2. The van der Waals surface area contributed by atoms with Crippen molar-refractivity contribution in [2.45, 2.75) is 46.2 Å². The number of aryl methyl sites for hydroxylation is 1. The molecule has 0 aliphatic rings. The van der Waals surface area contributed by atoms with Gasteiger partial charge in [-0.1, -0.05) is 43.7 Å². The van der Waals surface area contributed by atoms with Gasteiger partial charge in [0.05, 0.1) is 25.2 Å². The molecule has 0 fully saturated rings. The van der Waals surface area contributed by atoms with Crippen LogP contribution in [0.2, 0.25) is 0 Å². The van der Waals surface area contributed by atoms with Gasteiger partial charge >= 0.3 is 0 Å². The Morgan fingerprint density at radius 2 is 1.58 bits per heavy atom. The molecular formula is C25H30N2O4. The van der Waals surface area contributed by atoms with Crippen molar-refractivity contribution in [1.82, 2.24) is 9.88 Å². The van der Waals surface area contributed by atoms with E-state index in [4.69, 9.17) is 9.47 Å². The van der Waals surface area contributed by atoms with E-state index in [1.807, 2.05) is 45.0 Å². The fraction of sp³-hybridized carbons (Fsp3) is 0.360. The highest BCUT2D eigenvalue weighted by atomic mass is 16.5. The van der Waals surface area contributed by atoms with Gasteiger partial charge in [-0.25, -0.2) is 0 Å². The van der Waals surface area contributed by atoms with E-state index in [0.29, 0.717) is 34.4 Å². The molecule has 2 aromatic carbocycles. The summed E-state index contributed by atoms with van der Waals surface area (Å²) in [7, 11) is 3.06. The van der Waals surface area contributed by atoms with Gasteiger partial charge in [-0.2, -0.15) is 0 Å². The number of nitrogens with one attached hydrogen (secondary N) is 1. The van der Waals surface area contributed by atoms with Crippen LogP contribution in [0.1, 0.15) is 54.2 Å². The molecule has 0 spiro atoms. The lowest BCUT2D eigenvalue weighted by Gasteiger charge is -2.20. The van der Waals surface area contributed by atoms with Crippen molar-refractivity contribution in [3.05, 3.63) is 69.6 Å². The quantitative estimate of drug-likeness (QED) is 0.575. The number of benzene rings is 2. The number of carbonyl (C=O) groups is 1. The lowest BCUT2D eigenvalue weighted by atomic mass is 10.0. The smallest absolute Gasteiger partial charge is 0.258 e. The number of nitrogens with zero attached hydrogens (tertiary/aromatic N) is 1. The summed E-state index contributed by atoms with van der Waals surface area (Å²) in [5, 5.41) is 3.97. The van der Waals surface area contributed by atoms with E-state index < -0.39 is 0 Å². The van der Waals surface area contributed by atoms with Gasteiger partial charge in [0.1, 0.15) is 0 Å². The normalized spacial score (nSPS) is 11.0. The van der Waals surface area contributed by atoms with Crippen LogP contribution in [0.3, 0.4) is 0 Å². The van der Waals surface area contributed by atoms with Crippen LogP contribution in [0, 0.1) is 6.92 Å². The van der Waals surface area contributed by atoms with Gasteiger partial charge < -0.3 is 19.4 Å². The summed E-state index contributed by atoms with van der Waals surface area (Å²) in [4.78, 5) is 26.5. The van der Waals surface area contributed by atoms with E-state index >= 15 is 0 Å². The number of aromatic nitrogens is 1. The van der Waals surface area contributed by atoms with Crippen molar-refractivity contribution >= 4 is 16.7 Å². The van der Waals surface area contributed by atoms with E-state index in [1.54, 1.807) is 22.9 Å². The molecule has 0 saturated carbocycles. The second-order valence-electron chi connectivity index (χ2n) is 7.65. The zero-order valence-electron chi connectivity index (χ0n) is 18.8. The van der Waals surface area contributed by atoms with Crippen LogP contribution in [0.5, 0.6) is 11.5 Å². The van der Waals surface area contributed by atoms with Crippen molar-refractivity contribution < 1.29 is 14.3 Å². The fourth-order valence-electron chi connectivity index (χ4n) is 3.80. The first kappa shape index (κ1) is 22.4. The molecule has 1 aromatic heterocycles. The molecule has 31 heavy (non-hydrogen) atoms. The van der Waals surface area contributed by atoms with Crippen molar-refractivity contribution in [3.8, 4) is 11.5 Å². The third-order valence-electron chi connectivity index (χ3n) is 5.70. The Balaban J connectivity index is 2.12. The lowest BCUT2D eigenvalue weighted by molar-refractivity contribution is 0.0951. The van der Waals surface area contributed by atoms with Gasteiger partial charge in [0.2, 0.25) is 0 Å². The molecule has 0 atom stereocenters. The summed E-state index contributed by atoms with van der Waals surface area (Å²) in [6.07, 6.45) is 3.26. The second kappa shape index (κ2) is 9.69. The number of ether oxygens (including phenoxy) is 2. The number of rotatable bonds is 8. The Labute approximate surface area is 182 Å². The highest BCUT2D eigenvalue weighted by Crippen LogP contribution is 2.33. The minimum Gasteiger partial charge on any atom is -0.493 e. The summed E-state index contributed by atoms with van der Waals surface area (Å²) in [5.41, 5.74) is 2.48. The molecule has 164 valence electrons. The third-order valence-corrected chi connectivity index (χ3v) is 5.70. The van der Waals surface area contributed by atoms with Crippen molar-refractivity contribution in [1.29, 1.82) is 0 Å². The zero-order chi connectivity index (χ0) is 22.5. The highest BCUT2D eigenvalue weighted by Gasteiger charge is 2.20. The van der Waals surface area contributed by atoms with Crippen LogP contribution < -0.4 is 20.3 Å². The topological polar surface area (TPSA) is 69.6 Å². The number of amides is 1. The fourth-order valence-corrected chi connectivity index (χ4v) is 3.80. The summed E-state index contributed by atoms with van der Waals surface area (Å²) in [6, 6.07) is 11.4. The molecule has 3 aromatic rings. The van der Waals surface area contributed by atoms with Crippen molar-refractivity contribution in [2.24, 2.45) is 0 Å². The minimum atomic E-state index is -0.238. The van der Waals surface area contributed by atoms with E-state index in [9.17, 15) is 9.59 Å². The molecule has 1 N–H and O–H groups in total. The Hall–Kier alpha value is -3.28. The maximum absolute atomic E-state index is 13.3. The average Bonchev–Trinajstić information content (AvgIpc) is 2.79. The largest absolute Gasteiger partial charge is 0.493 e. The molecule has 0 aliphatic heterocycles. The third kappa shape index (κ3) is 4.58. The van der Waals surface area contributed by atoms with Crippen LogP contribution in [0.15, 0.2) is 47.4 Å². The van der Waals surface area contributed by atoms with Gasteiger partial charge in [0, 0.05) is 24.2 Å². The predicted octanol–water partition coefficient (Wildman–Crippen LogP) is 4.62. The molecule has 0 radical (unpaired) electrons. The number of hydrogen-bond acceptors (Lipinski definition) is 4. The van der Waals surface area contributed by atoms with Crippen molar-refractivity contribution in [2.75, 3.05) is 14.2 Å². The van der Waals surface area contributed by atoms with Gasteiger partial charge in [-0.05, 0) is 37.5 Å². The standard InChI is InChI=1S/C25H30N2O4/c1-6-18(7-2)27-15-21(24(28)26-14-17-10-8-16(3)9-11-17)19-12-22(30-4)23(31-5)13-20(19)25(27)29/h8-13,15,18H,6-7,14H2,1-5H3,(H,26,28). The zero-order valence-corrected chi connectivity index (χ0v) is 18.8. The Morgan fingerprint density at radius 3 is 2.13 bits per heavy atom. The number of carbonyl (C=O) groups excluding carboxylic acids is 1. The van der Waals surface area contributed by atoms with Gasteiger partial charge in [0.25, 0.3) is 11.5 Å². The lowest BCUT2D eigenvalue weighted by Crippen LogP contribution is -2.29. The molecule has 0 unspecified atom stereocenters. The van der Waals surface area contributed by atoms with Crippen LogP contribution in [-0.4, -0.2) is 24.7 Å². The molecule has 0 aliphatic carbocycles. The second-order valence-corrected chi connectivity index (χ2v) is 7.65. The van der Waals surface area contributed by atoms with E-state index in [-0.39, 0.29) is 17.5 Å². The molecule has 1 amide bonds. The summed E-state index contributed by atoms with van der Waals surface area (Å²) < 4.78 is 12.5. The minimum absolute atomic E-state index is 0.00800. The van der Waals surface area contributed by atoms with Crippen LogP contribution in [-0.2, 0) is 6.54 Å². The maximum Gasteiger partial charge on any atom is 0.258 e. The monoisotopic (exact) mass is 422 g/mol. The molecule has 1 heterocycles. The summed E-state index contributed by atoms with van der Waals surface area (Å²) in [5.74, 6) is 0.695. The molecule has 6 heteroatoms. The van der Waals surface area contributed by atoms with Gasteiger partial charge in [0.15, 0.2) is 11.5 Å². The molecule has 3 rings (SSSR count). The van der Waals surface area contributed by atoms with Crippen LogP contribution >= 0.6 is 0 Å². The summed E-state index contributed by atoms with van der Waals surface area (Å²) in [6.45, 7) is 6.50. The summed E-state index contributed by atoms with van der Waals surface area (Å²) >= 11 is 0. The average molecular weight is 423 g/mol. The number of fused-ring (bicyclic) bond motifs is 1. The predicted molar refractivity (Wildman–Crippen MR) is 123 cm³/mol. The molecule has 6 nitrogen and oxygen atoms in total. The number of pyridine rings is 1. The van der Waals surface area contributed by atoms with Crippen LogP contribution in [0.25, 0.3) is 10.8 Å². The molecular weight excluding hydrogens is 392 g/mol. The van der Waals surface area contributed by atoms with E-state index in [0.717, 1.165) is 18.4 Å². The van der Waals surface area contributed by atoms with Gasteiger partial charge in [-0.15, -0.1) is 0 Å². The first-order valence-corrected chi connectivity index (χ1v) is 10.6. The first-order valence-electron chi connectivity index (χ1n) is 10.6. The van der Waals surface area contributed by atoms with E-state index in [1.165, 1.54) is 19.8 Å².